The van der Waals surface area contributed by atoms with Gasteiger partial charge < -0.3 is 5.32 Å². The van der Waals surface area contributed by atoms with Crippen molar-refractivity contribution < 1.29 is 0 Å². The van der Waals surface area contributed by atoms with Crippen LogP contribution in [0.25, 0.3) is 0 Å². The molecule has 1 atom stereocenters. The van der Waals surface area contributed by atoms with E-state index in [-0.39, 0.29) is 0 Å². The summed E-state index contributed by atoms with van der Waals surface area (Å²) in [6, 6.07) is 8.94. The Hall–Kier alpha value is -0.460. The minimum atomic E-state index is 0.383. The number of thiazole rings is 1. The normalized spacial score (nSPS) is 12.6. The molecule has 0 bridgehead atoms. The van der Waals surface area contributed by atoms with Gasteiger partial charge in [0.15, 0.2) is 0 Å². The van der Waals surface area contributed by atoms with Crippen LogP contribution in [0, 0.1) is 3.57 Å². The van der Waals surface area contributed by atoms with Gasteiger partial charge in [-0.2, -0.15) is 0 Å². The van der Waals surface area contributed by atoms with Crippen LogP contribution in [0.15, 0.2) is 36.0 Å². The lowest BCUT2D eigenvalue weighted by atomic mass is 10.0. The monoisotopic (exact) mass is 358 g/mol. The van der Waals surface area contributed by atoms with Crippen molar-refractivity contribution in [2.75, 3.05) is 6.54 Å². The van der Waals surface area contributed by atoms with Gasteiger partial charge in [0.2, 0.25) is 0 Å². The zero-order valence-electron chi connectivity index (χ0n) is 9.69. The SMILES string of the molecule is CCNC(Cc1cncs1)c1ccccc1I. The van der Waals surface area contributed by atoms with Crippen LogP contribution in [0.1, 0.15) is 23.4 Å². The molecule has 1 heterocycles. The fourth-order valence-corrected chi connectivity index (χ4v) is 3.25. The maximum Gasteiger partial charge on any atom is 0.0794 e. The van der Waals surface area contributed by atoms with Crippen LogP contribution in [0.2, 0.25) is 0 Å². The van der Waals surface area contributed by atoms with Gasteiger partial charge in [0.05, 0.1) is 5.51 Å². The lowest BCUT2D eigenvalue weighted by molar-refractivity contribution is 0.551. The van der Waals surface area contributed by atoms with E-state index in [0.29, 0.717) is 6.04 Å². The predicted molar refractivity (Wildman–Crippen MR) is 81.4 cm³/mol. The smallest absolute Gasteiger partial charge is 0.0794 e. The van der Waals surface area contributed by atoms with E-state index in [9.17, 15) is 0 Å². The van der Waals surface area contributed by atoms with Crippen LogP contribution in [0.3, 0.4) is 0 Å². The third-order valence-corrected chi connectivity index (χ3v) is 4.40. The molecule has 4 heteroatoms. The molecular formula is C13H15IN2S. The Balaban J connectivity index is 2.20. The summed E-state index contributed by atoms with van der Waals surface area (Å²) in [6.07, 6.45) is 2.98. The van der Waals surface area contributed by atoms with E-state index in [1.165, 1.54) is 14.0 Å². The second-order valence-corrected chi connectivity index (χ2v) is 5.94. The highest BCUT2D eigenvalue weighted by Crippen LogP contribution is 2.24. The fraction of sp³-hybridized carbons (Fsp3) is 0.308. The van der Waals surface area contributed by atoms with E-state index < -0.39 is 0 Å². The number of nitrogens with one attached hydrogen (secondary N) is 1. The summed E-state index contributed by atoms with van der Waals surface area (Å²) in [7, 11) is 0. The number of nitrogens with zero attached hydrogens (tertiary/aromatic N) is 1. The Bertz CT molecular complexity index is 456. The first kappa shape index (κ1) is 13.0. The minimum absolute atomic E-state index is 0.383. The highest BCUT2D eigenvalue weighted by molar-refractivity contribution is 14.1. The molecule has 1 aromatic carbocycles. The molecule has 0 aliphatic heterocycles. The summed E-state index contributed by atoms with van der Waals surface area (Å²) in [5.41, 5.74) is 3.28. The highest BCUT2D eigenvalue weighted by atomic mass is 127. The summed E-state index contributed by atoms with van der Waals surface area (Å²) in [5.74, 6) is 0. The number of rotatable bonds is 5. The van der Waals surface area contributed by atoms with Crippen molar-refractivity contribution in [3.8, 4) is 0 Å². The standard InChI is InChI=1S/C13H15IN2S/c1-2-16-13(7-10-8-15-9-17-10)11-5-3-4-6-12(11)14/h3-6,8-9,13,16H,2,7H2,1H3. The number of hydrogen-bond acceptors (Lipinski definition) is 3. The molecular weight excluding hydrogens is 343 g/mol. The summed E-state index contributed by atoms with van der Waals surface area (Å²) in [4.78, 5) is 5.47. The average Bonchev–Trinajstić information content (AvgIpc) is 2.82. The Morgan fingerprint density at radius 1 is 1.41 bits per heavy atom. The molecule has 1 unspecified atom stereocenters. The first-order valence-electron chi connectivity index (χ1n) is 5.66. The molecule has 17 heavy (non-hydrogen) atoms. The Kier molecular flexibility index (Phi) is 4.94. The molecule has 1 N–H and O–H groups in total. The lowest BCUT2D eigenvalue weighted by Gasteiger charge is -2.18. The van der Waals surface area contributed by atoms with Gasteiger partial charge in [-0.25, -0.2) is 0 Å². The van der Waals surface area contributed by atoms with Crippen molar-refractivity contribution in [1.29, 1.82) is 0 Å². The molecule has 0 fully saturated rings. The first-order chi connectivity index (χ1) is 8.31. The largest absolute Gasteiger partial charge is 0.310 e. The van der Waals surface area contributed by atoms with E-state index in [0.717, 1.165) is 13.0 Å². The molecule has 0 aliphatic rings. The molecule has 0 saturated carbocycles. The number of halogens is 1. The van der Waals surface area contributed by atoms with E-state index in [1.807, 2.05) is 11.7 Å². The van der Waals surface area contributed by atoms with Gasteiger partial charge in [0, 0.05) is 27.1 Å². The molecule has 2 rings (SSSR count). The van der Waals surface area contributed by atoms with Gasteiger partial charge in [0.25, 0.3) is 0 Å². The summed E-state index contributed by atoms with van der Waals surface area (Å²) < 4.78 is 1.32. The van der Waals surface area contributed by atoms with Gasteiger partial charge in [-0.15, -0.1) is 11.3 Å². The quantitative estimate of drug-likeness (QED) is 0.826. The fourth-order valence-electron chi connectivity index (χ4n) is 1.84. The number of likely N-dealkylation sites (N-methyl/N-ethyl adjacent to an activating group) is 1. The molecule has 0 saturated heterocycles. The predicted octanol–water partition coefficient (Wildman–Crippen LogP) is 3.64. The minimum Gasteiger partial charge on any atom is -0.310 e. The Labute approximate surface area is 120 Å². The third kappa shape index (κ3) is 3.50. The first-order valence-corrected chi connectivity index (χ1v) is 7.62. The Morgan fingerprint density at radius 2 is 2.24 bits per heavy atom. The van der Waals surface area contributed by atoms with Gasteiger partial charge in [-0.1, -0.05) is 25.1 Å². The van der Waals surface area contributed by atoms with E-state index in [2.05, 4.69) is 64.1 Å². The highest BCUT2D eigenvalue weighted by Gasteiger charge is 2.14. The van der Waals surface area contributed by atoms with E-state index in [1.54, 1.807) is 11.3 Å². The van der Waals surface area contributed by atoms with Crippen LogP contribution < -0.4 is 5.32 Å². The average molecular weight is 358 g/mol. The second-order valence-electron chi connectivity index (χ2n) is 3.80. The summed E-state index contributed by atoms with van der Waals surface area (Å²) >= 11 is 4.13. The Morgan fingerprint density at radius 3 is 2.88 bits per heavy atom. The molecule has 0 amide bonds. The van der Waals surface area contributed by atoms with E-state index in [4.69, 9.17) is 0 Å². The topological polar surface area (TPSA) is 24.9 Å². The molecule has 0 aliphatic carbocycles. The number of aromatic nitrogens is 1. The van der Waals surface area contributed by atoms with Gasteiger partial charge in [-0.3, -0.25) is 4.98 Å². The second kappa shape index (κ2) is 6.47. The maximum absolute atomic E-state index is 4.14. The molecule has 90 valence electrons. The summed E-state index contributed by atoms with van der Waals surface area (Å²) in [5, 5.41) is 3.55. The van der Waals surface area contributed by atoms with Crippen molar-refractivity contribution in [3.05, 3.63) is 50.0 Å². The molecule has 0 radical (unpaired) electrons. The molecule has 2 aromatic rings. The zero-order chi connectivity index (χ0) is 12.1. The van der Waals surface area contributed by atoms with Crippen LogP contribution in [0.4, 0.5) is 0 Å². The van der Waals surface area contributed by atoms with Crippen LogP contribution in [0.5, 0.6) is 0 Å². The van der Waals surface area contributed by atoms with Gasteiger partial charge in [-0.05, 0) is 40.8 Å². The van der Waals surface area contributed by atoms with Crippen LogP contribution in [-0.2, 0) is 6.42 Å². The van der Waals surface area contributed by atoms with Crippen molar-refractivity contribution in [2.24, 2.45) is 0 Å². The lowest BCUT2D eigenvalue weighted by Crippen LogP contribution is -2.23. The van der Waals surface area contributed by atoms with Crippen molar-refractivity contribution in [2.45, 2.75) is 19.4 Å². The number of hydrogen-bond donors (Lipinski definition) is 1. The van der Waals surface area contributed by atoms with E-state index >= 15 is 0 Å². The number of benzene rings is 1. The van der Waals surface area contributed by atoms with Gasteiger partial charge >= 0.3 is 0 Å². The van der Waals surface area contributed by atoms with Crippen molar-refractivity contribution in [3.63, 3.8) is 0 Å². The van der Waals surface area contributed by atoms with Crippen LogP contribution >= 0.6 is 33.9 Å². The zero-order valence-corrected chi connectivity index (χ0v) is 12.7. The molecule has 1 aromatic heterocycles. The molecule has 2 nitrogen and oxygen atoms in total. The third-order valence-electron chi connectivity index (χ3n) is 2.62. The maximum atomic E-state index is 4.14. The summed E-state index contributed by atoms with van der Waals surface area (Å²) in [6.45, 7) is 3.13. The van der Waals surface area contributed by atoms with Crippen LogP contribution in [-0.4, -0.2) is 11.5 Å². The van der Waals surface area contributed by atoms with Crippen molar-refractivity contribution in [1.82, 2.24) is 10.3 Å². The van der Waals surface area contributed by atoms with Gasteiger partial charge in [0.1, 0.15) is 0 Å². The van der Waals surface area contributed by atoms with Crippen molar-refractivity contribution >= 4 is 33.9 Å². The molecule has 0 spiro atoms.